The number of alkyl halides is 3. The van der Waals surface area contributed by atoms with Crippen molar-refractivity contribution in [2.45, 2.75) is 18.6 Å². The van der Waals surface area contributed by atoms with E-state index < -0.39 is 18.6 Å². The van der Waals surface area contributed by atoms with E-state index >= 15 is 0 Å². The van der Waals surface area contributed by atoms with Crippen LogP contribution in [0.15, 0.2) is 18.2 Å². The van der Waals surface area contributed by atoms with E-state index in [0.29, 0.717) is 31.7 Å². The van der Waals surface area contributed by atoms with Gasteiger partial charge >= 0.3 is 6.18 Å². The first-order chi connectivity index (χ1) is 9.37. The van der Waals surface area contributed by atoms with Crippen molar-refractivity contribution in [1.82, 2.24) is 10.2 Å². The van der Waals surface area contributed by atoms with Crippen molar-refractivity contribution < 1.29 is 18.3 Å². The van der Waals surface area contributed by atoms with E-state index in [2.05, 4.69) is 5.32 Å². The van der Waals surface area contributed by atoms with Crippen LogP contribution >= 0.6 is 36.4 Å². The van der Waals surface area contributed by atoms with Gasteiger partial charge in [-0.25, -0.2) is 0 Å². The molecule has 9 heteroatoms. The van der Waals surface area contributed by atoms with Crippen LogP contribution in [0.1, 0.15) is 18.0 Å². The molecule has 0 radical (unpaired) electrons. The van der Waals surface area contributed by atoms with Crippen LogP contribution in [0.25, 0.3) is 0 Å². The van der Waals surface area contributed by atoms with Gasteiger partial charge in [0.05, 0.1) is 11.4 Å². The molecular weight excluding hydrogens is 364 g/mol. The Hall–Kier alpha value is -0.400. The zero-order valence-corrected chi connectivity index (χ0v) is 14.0. The number of piperazine rings is 1. The van der Waals surface area contributed by atoms with Crippen molar-refractivity contribution in [3.05, 3.63) is 28.8 Å². The third kappa shape index (κ3) is 6.01. The lowest BCUT2D eigenvalue weighted by molar-refractivity contribution is -0.148. The van der Waals surface area contributed by atoms with Gasteiger partial charge in [-0.05, 0) is 17.7 Å². The summed E-state index contributed by atoms with van der Waals surface area (Å²) in [4.78, 5) is 1.80. The maximum Gasteiger partial charge on any atom is 0.390 e. The fourth-order valence-electron chi connectivity index (χ4n) is 2.40. The Morgan fingerprint density at radius 2 is 1.82 bits per heavy atom. The molecule has 128 valence electrons. The van der Waals surface area contributed by atoms with Crippen LogP contribution in [0.3, 0.4) is 0 Å². The third-order valence-electron chi connectivity index (χ3n) is 3.37. The predicted molar refractivity (Wildman–Crippen MR) is 85.5 cm³/mol. The van der Waals surface area contributed by atoms with Gasteiger partial charge in [-0.2, -0.15) is 13.2 Å². The Morgan fingerprint density at radius 1 is 1.23 bits per heavy atom. The first-order valence-electron chi connectivity index (χ1n) is 6.37. The number of halogens is 6. The monoisotopic (exact) mass is 380 g/mol. The van der Waals surface area contributed by atoms with Gasteiger partial charge in [-0.1, -0.05) is 17.7 Å². The second-order valence-corrected chi connectivity index (χ2v) is 5.24. The topological polar surface area (TPSA) is 35.5 Å². The van der Waals surface area contributed by atoms with Crippen LogP contribution in [0.5, 0.6) is 5.75 Å². The van der Waals surface area contributed by atoms with Crippen LogP contribution in [-0.4, -0.2) is 42.4 Å². The lowest BCUT2D eigenvalue weighted by Gasteiger charge is -2.35. The van der Waals surface area contributed by atoms with Crippen molar-refractivity contribution in [2.75, 3.05) is 26.2 Å². The van der Waals surface area contributed by atoms with Gasteiger partial charge < -0.3 is 10.4 Å². The summed E-state index contributed by atoms with van der Waals surface area (Å²) in [5.74, 6) is -0.124. The average molecular weight is 382 g/mol. The molecular formula is C13H18Cl3F3N2O. The van der Waals surface area contributed by atoms with E-state index in [1.54, 1.807) is 4.90 Å². The van der Waals surface area contributed by atoms with Gasteiger partial charge in [0.2, 0.25) is 0 Å². The number of phenolic OH excluding ortho intramolecular Hbond substituents is 1. The molecule has 0 saturated carbocycles. The maximum atomic E-state index is 12.8. The molecule has 1 heterocycles. The molecule has 1 aliphatic rings. The SMILES string of the molecule is Cl.Cl.Oc1ccc([C@@H](CC(F)(F)F)N2CCNCC2)cc1Cl. The largest absolute Gasteiger partial charge is 0.506 e. The van der Waals surface area contributed by atoms with Crippen LogP contribution in [0, 0.1) is 0 Å². The molecule has 0 amide bonds. The number of nitrogens with one attached hydrogen (secondary N) is 1. The van der Waals surface area contributed by atoms with Gasteiger partial charge in [0, 0.05) is 32.2 Å². The van der Waals surface area contributed by atoms with Gasteiger partial charge in [-0.15, -0.1) is 24.8 Å². The number of benzene rings is 1. The molecule has 1 atom stereocenters. The van der Waals surface area contributed by atoms with Gasteiger partial charge in [-0.3, -0.25) is 4.90 Å². The summed E-state index contributed by atoms with van der Waals surface area (Å²) in [6.45, 7) is 2.44. The molecule has 0 spiro atoms. The van der Waals surface area contributed by atoms with Gasteiger partial charge in [0.1, 0.15) is 5.75 Å². The molecule has 2 rings (SSSR count). The molecule has 0 aliphatic carbocycles. The number of rotatable bonds is 3. The van der Waals surface area contributed by atoms with Crippen LogP contribution < -0.4 is 5.32 Å². The van der Waals surface area contributed by atoms with Crippen molar-refractivity contribution in [3.8, 4) is 5.75 Å². The smallest absolute Gasteiger partial charge is 0.390 e. The quantitative estimate of drug-likeness (QED) is 0.836. The lowest BCUT2D eigenvalue weighted by atomic mass is 10.0. The summed E-state index contributed by atoms with van der Waals surface area (Å²) in [6, 6.07) is 3.48. The van der Waals surface area contributed by atoms with Gasteiger partial charge in [0.15, 0.2) is 0 Å². The highest BCUT2D eigenvalue weighted by Crippen LogP contribution is 2.36. The van der Waals surface area contributed by atoms with E-state index in [9.17, 15) is 18.3 Å². The van der Waals surface area contributed by atoms with E-state index in [-0.39, 0.29) is 35.6 Å². The third-order valence-corrected chi connectivity index (χ3v) is 3.68. The lowest BCUT2D eigenvalue weighted by Crippen LogP contribution is -2.46. The van der Waals surface area contributed by atoms with Crippen LogP contribution in [-0.2, 0) is 0 Å². The van der Waals surface area contributed by atoms with E-state index in [4.69, 9.17) is 11.6 Å². The molecule has 1 aromatic rings. The first-order valence-corrected chi connectivity index (χ1v) is 6.74. The number of nitrogens with zero attached hydrogens (tertiary/aromatic N) is 1. The van der Waals surface area contributed by atoms with Gasteiger partial charge in [0.25, 0.3) is 0 Å². The van der Waals surface area contributed by atoms with E-state index in [1.165, 1.54) is 18.2 Å². The highest BCUT2D eigenvalue weighted by atomic mass is 35.5. The minimum Gasteiger partial charge on any atom is -0.506 e. The summed E-state index contributed by atoms with van der Waals surface area (Å²) < 4.78 is 38.4. The number of hydrogen-bond donors (Lipinski definition) is 2. The minimum atomic E-state index is -4.25. The maximum absolute atomic E-state index is 12.8. The standard InChI is InChI=1S/C13H16ClF3N2O.2ClH/c14-10-7-9(1-2-12(10)20)11(8-13(15,16)17)19-5-3-18-4-6-19;;/h1-2,7,11,18,20H,3-6,8H2;2*1H/t11-;;/m1../s1. The normalized spacial score (nSPS) is 17.3. The number of phenols is 1. The van der Waals surface area contributed by atoms with Crippen molar-refractivity contribution in [3.63, 3.8) is 0 Å². The Morgan fingerprint density at radius 3 is 2.32 bits per heavy atom. The summed E-state index contributed by atoms with van der Waals surface area (Å²) in [5, 5.41) is 12.6. The fraction of sp³-hybridized carbons (Fsp3) is 0.538. The van der Waals surface area contributed by atoms with Crippen LogP contribution in [0.4, 0.5) is 13.2 Å². The first kappa shape index (κ1) is 21.6. The summed E-state index contributed by atoms with van der Waals surface area (Å²) >= 11 is 5.81. The van der Waals surface area contributed by atoms with Crippen LogP contribution in [0.2, 0.25) is 5.02 Å². The van der Waals surface area contributed by atoms with Crippen molar-refractivity contribution in [1.29, 1.82) is 0 Å². The molecule has 0 aromatic heterocycles. The number of aromatic hydroxyl groups is 1. The summed E-state index contributed by atoms with van der Waals surface area (Å²) in [6.07, 6.45) is -5.17. The molecule has 1 saturated heterocycles. The molecule has 3 nitrogen and oxygen atoms in total. The Bertz CT molecular complexity index is 468. The zero-order chi connectivity index (χ0) is 14.8. The molecule has 22 heavy (non-hydrogen) atoms. The molecule has 1 fully saturated rings. The summed E-state index contributed by atoms with van der Waals surface area (Å²) in [5.41, 5.74) is 0.479. The highest BCUT2D eigenvalue weighted by molar-refractivity contribution is 6.32. The second kappa shape index (κ2) is 9.03. The molecule has 0 bridgehead atoms. The average Bonchev–Trinajstić information content (AvgIpc) is 2.39. The van der Waals surface area contributed by atoms with E-state index in [1.807, 2.05) is 0 Å². The van der Waals surface area contributed by atoms with Crippen molar-refractivity contribution in [2.24, 2.45) is 0 Å². The Kier molecular flexibility index (Phi) is 8.87. The molecule has 1 aromatic carbocycles. The van der Waals surface area contributed by atoms with E-state index in [0.717, 1.165) is 0 Å². The highest BCUT2D eigenvalue weighted by Gasteiger charge is 2.36. The summed E-state index contributed by atoms with van der Waals surface area (Å²) in [7, 11) is 0. The minimum absolute atomic E-state index is 0. The molecule has 1 aliphatic heterocycles. The zero-order valence-electron chi connectivity index (χ0n) is 11.6. The van der Waals surface area contributed by atoms with Crippen molar-refractivity contribution >= 4 is 36.4 Å². The Labute approximate surface area is 144 Å². The number of hydrogen-bond acceptors (Lipinski definition) is 3. The second-order valence-electron chi connectivity index (χ2n) is 4.83. The predicted octanol–water partition coefficient (Wildman–Crippen LogP) is 3.79. The molecule has 2 N–H and O–H groups in total. The fourth-order valence-corrected chi connectivity index (χ4v) is 2.59. The Balaban J connectivity index is 0.00000220. The molecule has 0 unspecified atom stereocenters.